The highest BCUT2D eigenvalue weighted by Crippen LogP contribution is 2.35. The summed E-state index contributed by atoms with van der Waals surface area (Å²) in [5.41, 5.74) is 9.75. The lowest BCUT2D eigenvalue weighted by molar-refractivity contribution is 0.101. The molecule has 2 unspecified atom stereocenters. The molecule has 0 radical (unpaired) electrons. The summed E-state index contributed by atoms with van der Waals surface area (Å²) in [6, 6.07) is 30.8. The summed E-state index contributed by atoms with van der Waals surface area (Å²) in [7, 11) is 0. The molecule has 0 bridgehead atoms. The molecule has 1 aliphatic heterocycles. The molecule has 2 atom stereocenters. The Balaban J connectivity index is 1.34. The van der Waals surface area contributed by atoms with E-state index in [0.717, 1.165) is 49.4 Å². The molecule has 5 rings (SSSR count). The number of hydrogen-bond donors (Lipinski definition) is 1. The first-order valence-electron chi connectivity index (χ1n) is 12.6. The lowest BCUT2D eigenvalue weighted by Crippen LogP contribution is -2.42. The van der Waals surface area contributed by atoms with E-state index in [1.807, 2.05) is 59.3 Å². The van der Waals surface area contributed by atoms with Crippen molar-refractivity contribution >= 4 is 5.82 Å². The Hall–Kier alpha value is -4.08. The van der Waals surface area contributed by atoms with E-state index in [-0.39, 0.29) is 6.04 Å². The smallest absolute Gasteiger partial charge is 0.140 e. The Labute approximate surface area is 212 Å². The molecule has 4 aromatic rings. The van der Waals surface area contributed by atoms with Crippen LogP contribution in [0.4, 0.5) is 5.82 Å². The van der Waals surface area contributed by atoms with Crippen molar-refractivity contribution in [2.75, 3.05) is 12.3 Å². The molecule has 3 aromatic carbocycles. The first kappa shape index (κ1) is 23.7. The molecule has 6 nitrogen and oxygen atoms in total. The number of nitrogens with zero attached hydrogens (tertiary/aromatic N) is 4. The van der Waals surface area contributed by atoms with Crippen molar-refractivity contribution in [3.05, 3.63) is 96.1 Å². The number of likely N-dealkylation sites (tertiary alicyclic amines) is 1. The number of hydrogen-bond acceptors (Lipinski definition) is 5. The molecule has 1 saturated heterocycles. The normalized spacial score (nSPS) is 18.0. The van der Waals surface area contributed by atoms with E-state index in [0.29, 0.717) is 23.1 Å². The minimum atomic E-state index is 0.170. The zero-order valence-electron chi connectivity index (χ0n) is 20.5. The van der Waals surface area contributed by atoms with Gasteiger partial charge in [-0.3, -0.25) is 4.90 Å². The Morgan fingerprint density at radius 1 is 0.972 bits per heavy atom. The second-order valence-corrected chi connectivity index (χ2v) is 9.30. The predicted octanol–water partition coefficient (Wildman–Crippen LogP) is 6.41. The maximum absolute atomic E-state index is 9.91. The number of aromatic nitrogens is 2. The van der Waals surface area contributed by atoms with Gasteiger partial charge < -0.3 is 10.5 Å². The first-order chi connectivity index (χ1) is 17.7. The second-order valence-electron chi connectivity index (χ2n) is 9.30. The Morgan fingerprint density at radius 2 is 1.64 bits per heavy atom. The molecule has 182 valence electrons. The average molecular weight is 478 g/mol. The van der Waals surface area contributed by atoms with Crippen LogP contribution < -0.4 is 10.5 Å². The fraction of sp³-hybridized carbons (Fsp3) is 0.267. The summed E-state index contributed by atoms with van der Waals surface area (Å²) in [5.74, 6) is 1.96. The SMILES string of the molecule is CCC1CC(n2nc(-c3ccc(Oc4ccccc4)cc3)c(C#N)c2N)CCN1Cc1ccccc1. The predicted molar refractivity (Wildman–Crippen MR) is 143 cm³/mol. The quantitative estimate of drug-likeness (QED) is 0.333. The number of ether oxygens (including phenoxy) is 1. The van der Waals surface area contributed by atoms with Gasteiger partial charge in [-0.2, -0.15) is 10.4 Å². The number of para-hydroxylation sites is 1. The highest BCUT2D eigenvalue weighted by Gasteiger charge is 2.31. The minimum absolute atomic E-state index is 0.170. The van der Waals surface area contributed by atoms with Crippen LogP contribution in [0.15, 0.2) is 84.9 Å². The highest BCUT2D eigenvalue weighted by atomic mass is 16.5. The van der Waals surface area contributed by atoms with Crippen LogP contribution in [0.2, 0.25) is 0 Å². The van der Waals surface area contributed by atoms with Gasteiger partial charge in [-0.05, 0) is 61.2 Å². The molecule has 6 heteroatoms. The number of nitrogen functional groups attached to an aromatic ring is 1. The second kappa shape index (κ2) is 10.7. The van der Waals surface area contributed by atoms with E-state index < -0.39 is 0 Å². The van der Waals surface area contributed by atoms with E-state index >= 15 is 0 Å². The fourth-order valence-corrected chi connectivity index (χ4v) is 5.10. The summed E-state index contributed by atoms with van der Waals surface area (Å²) >= 11 is 0. The lowest BCUT2D eigenvalue weighted by atomic mass is 9.94. The van der Waals surface area contributed by atoms with Crippen molar-refractivity contribution in [2.24, 2.45) is 0 Å². The van der Waals surface area contributed by atoms with E-state index in [2.05, 4.69) is 48.2 Å². The maximum Gasteiger partial charge on any atom is 0.140 e. The third-order valence-electron chi connectivity index (χ3n) is 7.02. The van der Waals surface area contributed by atoms with Gasteiger partial charge in [0.25, 0.3) is 0 Å². The van der Waals surface area contributed by atoms with Crippen molar-refractivity contribution in [3.8, 4) is 28.8 Å². The Morgan fingerprint density at radius 3 is 2.31 bits per heavy atom. The van der Waals surface area contributed by atoms with Crippen molar-refractivity contribution in [1.82, 2.24) is 14.7 Å². The number of anilines is 1. The molecule has 0 saturated carbocycles. The topological polar surface area (TPSA) is 80.1 Å². The van der Waals surface area contributed by atoms with Crippen LogP contribution in [-0.2, 0) is 6.54 Å². The van der Waals surface area contributed by atoms with Gasteiger partial charge in [-0.1, -0.05) is 55.5 Å². The summed E-state index contributed by atoms with van der Waals surface area (Å²) in [5, 5.41) is 14.8. The van der Waals surface area contributed by atoms with Gasteiger partial charge in [0.15, 0.2) is 0 Å². The van der Waals surface area contributed by atoms with E-state index in [9.17, 15) is 5.26 Å². The molecular weight excluding hydrogens is 446 g/mol. The number of piperidine rings is 1. The summed E-state index contributed by atoms with van der Waals surface area (Å²) in [6.45, 7) is 4.16. The van der Waals surface area contributed by atoms with E-state index in [1.54, 1.807) is 0 Å². The molecule has 0 spiro atoms. The molecular formula is C30H31N5O. The van der Waals surface area contributed by atoms with Crippen LogP contribution in [0.5, 0.6) is 11.5 Å². The third-order valence-corrected chi connectivity index (χ3v) is 7.02. The van der Waals surface area contributed by atoms with Gasteiger partial charge in [0, 0.05) is 24.7 Å². The van der Waals surface area contributed by atoms with Crippen molar-refractivity contribution < 1.29 is 4.74 Å². The molecule has 1 aromatic heterocycles. The van der Waals surface area contributed by atoms with Gasteiger partial charge >= 0.3 is 0 Å². The van der Waals surface area contributed by atoms with Gasteiger partial charge in [0.2, 0.25) is 0 Å². The number of nitriles is 1. The van der Waals surface area contributed by atoms with E-state index in [1.165, 1.54) is 5.56 Å². The third kappa shape index (κ3) is 4.98. The highest BCUT2D eigenvalue weighted by molar-refractivity contribution is 5.73. The molecule has 2 heterocycles. The van der Waals surface area contributed by atoms with Crippen LogP contribution in [0.1, 0.15) is 43.4 Å². The van der Waals surface area contributed by atoms with Crippen molar-refractivity contribution in [1.29, 1.82) is 5.26 Å². The van der Waals surface area contributed by atoms with Gasteiger partial charge in [-0.15, -0.1) is 0 Å². The largest absolute Gasteiger partial charge is 0.457 e. The molecule has 1 fully saturated rings. The minimum Gasteiger partial charge on any atom is -0.457 e. The molecule has 36 heavy (non-hydrogen) atoms. The number of rotatable bonds is 7. The molecule has 0 amide bonds. The molecule has 0 aliphatic carbocycles. The summed E-state index contributed by atoms with van der Waals surface area (Å²) < 4.78 is 7.80. The van der Waals surface area contributed by atoms with Crippen molar-refractivity contribution in [3.63, 3.8) is 0 Å². The van der Waals surface area contributed by atoms with Crippen LogP contribution in [0.25, 0.3) is 11.3 Å². The molecule has 1 aliphatic rings. The Kier molecular flexibility index (Phi) is 7.01. The zero-order valence-corrected chi connectivity index (χ0v) is 20.5. The van der Waals surface area contributed by atoms with E-state index in [4.69, 9.17) is 15.6 Å². The van der Waals surface area contributed by atoms with Crippen LogP contribution >= 0.6 is 0 Å². The monoisotopic (exact) mass is 477 g/mol. The standard InChI is InChI=1S/C30H31N5O/c1-2-24-19-25(17-18-34(24)21-22-9-5-3-6-10-22)35-30(32)28(20-31)29(33-35)23-13-15-27(16-14-23)36-26-11-7-4-8-12-26/h3-16,24-25H,2,17-19,21,32H2,1H3. The summed E-state index contributed by atoms with van der Waals surface area (Å²) in [4.78, 5) is 2.56. The average Bonchev–Trinajstić information content (AvgIpc) is 3.26. The van der Waals surface area contributed by atoms with Gasteiger partial charge in [0.05, 0.1) is 6.04 Å². The maximum atomic E-state index is 9.91. The van der Waals surface area contributed by atoms with Crippen LogP contribution in [0, 0.1) is 11.3 Å². The van der Waals surface area contributed by atoms with Gasteiger partial charge in [0.1, 0.15) is 34.6 Å². The lowest BCUT2D eigenvalue weighted by Gasteiger charge is -2.39. The van der Waals surface area contributed by atoms with Crippen LogP contribution in [-0.4, -0.2) is 27.3 Å². The zero-order chi connectivity index (χ0) is 24.9. The van der Waals surface area contributed by atoms with Crippen LogP contribution in [0.3, 0.4) is 0 Å². The molecule has 2 N–H and O–H groups in total. The summed E-state index contributed by atoms with van der Waals surface area (Å²) in [6.07, 6.45) is 2.97. The number of benzene rings is 3. The van der Waals surface area contributed by atoms with Gasteiger partial charge in [-0.25, -0.2) is 4.68 Å². The Bertz CT molecular complexity index is 1330. The van der Waals surface area contributed by atoms with Crippen molar-refractivity contribution in [2.45, 2.75) is 44.8 Å². The fourth-order valence-electron chi connectivity index (χ4n) is 5.10. The number of nitrogens with two attached hydrogens (primary N) is 1. The first-order valence-corrected chi connectivity index (χ1v) is 12.6.